The third-order valence-electron chi connectivity index (χ3n) is 1.51. The van der Waals surface area contributed by atoms with E-state index >= 15 is 0 Å². The summed E-state index contributed by atoms with van der Waals surface area (Å²) in [7, 11) is 0. The maximum atomic E-state index is 9.38. The van der Waals surface area contributed by atoms with Crippen LogP contribution in [-0.4, -0.2) is 20.1 Å². The lowest BCUT2D eigenvalue weighted by molar-refractivity contribution is 0.207. The molecule has 2 N–H and O–H groups in total. The van der Waals surface area contributed by atoms with Gasteiger partial charge in [0.05, 0.1) is 0 Å². The topological polar surface area (TPSA) is 45.2 Å². The van der Waals surface area contributed by atoms with Crippen molar-refractivity contribution >= 4 is 40.6 Å². The summed E-state index contributed by atoms with van der Waals surface area (Å²) in [4.78, 5) is 3.95. The molecule has 1 aromatic rings. The number of aryl methyl sites for hydroxylation is 1. The van der Waals surface area contributed by atoms with Gasteiger partial charge in [-0.25, -0.2) is 4.98 Å². The molecule has 0 aliphatic carbocycles. The minimum absolute atomic E-state index is 0.462. The van der Waals surface area contributed by atoms with E-state index in [1.165, 1.54) is 0 Å². The van der Waals surface area contributed by atoms with E-state index in [1.54, 1.807) is 12.3 Å². The fraction of sp³-hybridized carbons (Fsp3) is 0.375. The largest absolute Gasteiger partial charge is 0.369 e. The Balaban J connectivity index is 2.70. The Bertz CT molecular complexity index is 314. The summed E-state index contributed by atoms with van der Waals surface area (Å²) in [6, 6.07) is 3.56. The molecule has 0 amide bonds. The maximum absolute atomic E-state index is 9.38. The van der Waals surface area contributed by atoms with Crippen LogP contribution < -0.4 is 5.32 Å². The molecule has 0 bridgehead atoms. The van der Waals surface area contributed by atoms with Crippen molar-refractivity contribution in [3.63, 3.8) is 0 Å². The number of nitrogens with one attached hydrogen (secondary N) is 1. The van der Waals surface area contributed by atoms with E-state index in [9.17, 15) is 5.11 Å². The van der Waals surface area contributed by atoms with Gasteiger partial charge in [0.15, 0.2) is 6.23 Å². The molecule has 0 radical (unpaired) electrons. The zero-order valence-electron chi connectivity index (χ0n) is 7.34. The second-order valence-corrected chi connectivity index (χ2v) is 5.18. The lowest BCUT2D eigenvalue weighted by Gasteiger charge is -2.20. The summed E-state index contributed by atoms with van der Waals surface area (Å²) in [6.45, 7) is 1.90. The third kappa shape index (κ3) is 3.50. The first-order valence-electron chi connectivity index (χ1n) is 3.83. The van der Waals surface area contributed by atoms with Crippen molar-refractivity contribution in [2.45, 2.75) is 16.9 Å². The normalized spacial score (nSPS) is 13.8. The summed E-state index contributed by atoms with van der Waals surface area (Å²) < 4.78 is -1.77. The van der Waals surface area contributed by atoms with Crippen LogP contribution in [-0.2, 0) is 0 Å². The Morgan fingerprint density at radius 2 is 2.14 bits per heavy atom. The molecule has 0 saturated heterocycles. The predicted molar refractivity (Wildman–Crippen MR) is 58.9 cm³/mol. The van der Waals surface area contributed by atoms with Gasteiger partial charge in [0, 0.05) is 6.20 Å². The highest BCUT2D eigenvalue weighted by Gasteiger charge is 2.30. The van der Waals surface area contributed by atoms with Crippen molar-refractivity contribution in [3.8, 4) is 0 Å². The van der Waals surface area contributed by atoms with Crippen molar-refractivity contribution in [2.24, 2.45) is 0 Å². The van der Waals surface area contributed by atoms with Crippen molar-refractivity contribution < 1.29 is 5.11 Å². The molecule has 78 valence electrons. The molecule has 0 aliphatic rings. The number of rotatable bonds is 2. The molecular weight excluding hydrogens is 246 g/mol. The molecule has 1 atom stereocenters. The fourth-order valence-corrected chi connectivity index (χ4v) is 1.00. The maximum Gasteiger partial charge on any atom is 0.234 e. The Morgan fingerprint density at radius 1 is 1.50 bits per heavy atom. The van der Waals surface area contributed by atoms with Gasteiger partial charge in [0.25, 0.3) is 0 Å². The molecule has 1 aromatic heterocycles. The highest BCUT2D eigenvalue weighted by molar-refractivity contribution is 6.68. The molecule has 0 fully saturated rings. The van der Waals surface area contributed by atoms with Crippen molar-refractivity contribution in [3.05, 3.63) is 23.9 Å². The van der Waals surface area contributed by atoms with Crippen LogP contribution in [0.3, 0.4) is 0 Å². The summed E-state index contributed by atoms with van der Waals surface area (Å²) in [5, 5.41) is 12.0. The molecule has 6 heteroatoms. The molecule has 14 heavy (non-hydrogen) atoms. The van der Waals surface area contributed by atoms with E-state index in [0.717, 1.165) is 5.56 Å². The Morgan fingerprint density at radius 3 is 2.64 bits per heavy atom. The number of pyridine rings is 1. The second kappa shape index (κ2) is 4.53. The molecule has 1 heterocycles. The summed E-state index contributed by atoms with van der Waals surface area (Å²) in [5.41, 5.74) is 0.999. The summed E-state index contributed by atoms with van der Waals surface area (Å²) in [5.74, 6) is 0.462. The molecule has 1 rings (SSSR count). The molecule has 0 unspecified atom stereocenters. The quantitative estimate of drug-likeness (QED) is 0.630. The lowest BCUT2D eigenvalue weighted by Crippen LogP contribution is -2.33. The number of alkyl halides is 3. The van der Waals surface area contributed by atoms with E-state index < -0.39 is 10.0 Å². The first kappa shape index (κ1) is 11.9. The van der Waals surface area contributed by atoms with Crippen LogP contribution in [0.1, 0.15) is 5.56 Å². The number of aliphatic hydroxyl groups is 1. The lowest BCUT2D eigenvalue weighted by atomic mass is 10.3. The highest BCUT2D eigenvalue weighted by Crippen LogP contribution is 2.30. The van der Waals surface area contributed by atoms with Crippen LogP contribution >= 0.6 is 34.8 Å². The zero-order valence-corrected chi connectivity index (χ0v) is 9.61. The number of aliphatic hydroxyl groups excluding tert-OH is 1. The van der Waals surface area contributed by atoms with Crippen LogP contribution in [0.25, 0.3) is 0 Å². The number of aromatic nitrogens is 1. The van der Waals surface area contributed by atoms with E-state index in [0.29, 0.717) is 5.82 Å². The van der Waals surface area contributed by atoms with Gasteiger partial charge in [-0.3, -0.25) is 0 Å². The standard InChI is InChI=1S/C8H9Cl3N2O/c1-5-2-3-12-6(4-5)13-7(14)8(9,10)11/h2-4,7,14H,1H3,(H,12,13)/t7-/m0/s1. The smallest absolute Gasteiger partial charge is 0.234 e. The third-order valence-corrected chi connectivity index (χ3v) is 2.13. The molecule has 0 aliphatic heterocycles. The van der Waals surface area contributed by atoms with Gasteiger partial charge in [-0.1, -0.05) is 34.8 Å². The van der Waals surface area contributed by atoms with Crippen LogP contribution in [0.5, 0.6) is 0 Å². The molecule has 3 nitrogen and oxygen atoms in total. The van der Waals surface area contributed by atoms with Gasteiger partial charge in [-0.15, -0.1) is 0 Å². The molecule has 0 saturated carbocycles. The van der Waals surface area contributed by atoms with Gasteiger partial charge < -0.3 is 10.4 Å². The molecule has 0 spiro atoms. The average Bonchev–Trinajstić information content (AvgIpc) is 2.02. The number of nitrogens with zero attached hydrogens (tertiary/aromatic N) is 1. The average molecular weight is 256 g/mol. The van der Waals surface area contributed by atoms with Gasteiger partial charge in [-0.05, 0) is 24.6 Å². The van der Waals surface area contributed by atoms with Crippen molar-refractivity contribution in [1.29, 1.82) is 0 Å². The second-order valence-electron chi connectivity index (χ2n) is 2.81. The van der Waals surface area contributed by atoms with E-state index in [-0.39, 0.29) is 0 Å². The first-order chi connectivity index (χ1) is 6.39. The molecule has 0 aromatic carbocycles. The monoisotopic (exact) mass is 254 g/mol. The highest BCUT2D eigenvalue weighted by atomic mass is 35.6. The van der Waals surface area contributed by atoms with Crippen LogP contribution in [0.15, 0.2) is 18.3 Å². The van der Waals surface area contributed by atoms with Crippen LogP contribution in [0.2, 0.25) is 0 Å². The fourth-order valence-electron chi connectivity index (χ4n) is 0.837. The summed E-state index contributed by atoms with van der Waals surface area (Å²) in [6.07, 6.45) is 0.310. The SMILES string of the molecule is Cc1ccnc(N[C@@H](O)C(Cl)(Cl)Cl)c1. The van der Waals surface area contributed by atoms with Crippen molar-refractivity contribution in [1.82, 2.24) is 4.98 Å². The number of anilines is 1. The Hall–Kier alpha value is -0.220. The number of halogens is 3. The van der Waals surface area contributed by atoms with Gasteiger partial charge >= 0.3 is 0 Å². The van der Waals surface area contributed by atoms with E-state index in [2.05, 4.69) is 10.3 Å². The van der Waals surface area contributed by atoms with Gasteiger partial charge in [0.2, 0.25) is 3.79 Å². The van der Waals surface area contributed by atoms with Gasteiger partial charge in [0.1, 0.15) is 5.82 Å². The number of hydrogen-bond acceptors (Lipinski definition) is 3. The minimum atomic E-state index is -1.77. The van der Waals surface area contributed by atoms with Crippen LogP contribution in [0, 0.1) is 6.92 Å². The van der Waals surface area contributed by atoms with E-state index in [4.69, 9.17) is 34.8 Å². The minimum Gasteiger partial charge on any atom is -0.369 e. The van der Waals surface area contributed by atoms with Crippen molar-refractivity contribution in [2.75, 3.05) is 5.32 Å². The summed E-state index contributed by atoms with van der Waals surface area (Å²) >= 11 is 16.4. The zero-order chi connectivity index (χ0) is 10.8. The Labute approximate surface area is 97.0 Å². The van der Waals surface area contributed by atoms with E-state index in [1.807, 2.05) is 13.0 Å². The number of hydrogen-bond donors (Lipinski definition) is 2. The van der Waals surface area contributed by atoms with Gasteiger partial charge in [-0.2, -0.15) is 0 Å². The van der Waals surface area contributed by atoms with Crippen LogP contribution in [0.4, 0.5) is 5.82 Å². The first-order valence-corrected chi connectivity index (χ1v) is 4.97. The predicted octanol–water partition coefficient (Wildman–Crippen LogP) is 2.49. The molecular formula is C8H9Cl3N2O. The Kier molecular flexibility index (Phi) is 3.84.